The van der Waals surface area contributed by atoms with Gasteiger partial charge in [0.2, 0.25) is 0 Å². The zero-order valence-corrected chi connectivity index (χ0v) is 16.4. The van der Waals surface area contributed by atoms with Gasteiger partial charge in [0.25, 0.3) is 0 Å². The second-order valence-electron chi connectivity index (χ2n) is 7.10. The molecule has 0 saturated heterocycles. The van der Waals surface area contributed by atoms with Gasteiger partial charge in [-0.3, -0.25) is 0 Å². The predicted octanol–water partition coefficient (Wildman–Crippen LogP) is 5.31. The van der Waals surface area contributed by atoms with Gasteiger partial charge in [0.15, 0.2) is 0 Å². The van der Waals surface area contributed by atoms with Crippen molar-refractivity contribution in [2.24, 2.45) is 0 Å². The second kappa shape index (κ2) is 9.27. The zero-order valence-electron chi connectivity index (χ0n) is 16.4. The van der Waals surface area contributed by atoms with Crippen molar-refractivity contribution >= 4 is 11.7 Å². The van der Waals surface area contributed by atoms with Crippen LogP contribution in [0.4, 0.5) is 10.5 Å². The number of carbonyl (C=O) groups excluding carboxylic acids is 1. The summed E-state index contributed by atoms with van der Waals surface area (Å²) in [6.45, 7) is 9.16. The van der Waals surface area contributed by atoms with Crippen LogP contribution in [0.2, 0.25) is 0 Å². The first-order valence-corrected chi connectivity index (χ1v) is 9.23. The topological polar surface area (TPSA) is 50.4 Å². The molecule has 2 aromatic rings. The number of methoxy groups -OCH3 is 1. The summed E-state index contributed by atoms with van der Waals surface area (Å²) < 4.78 is 5.16. The number of para-hydroxylation sites is 1. The smallest absolute Gasteiger partial charge is 0.319 e. The predicted molar refractivity (Wildman–Crippen MR) is 108 cm³/mol. The lowest BCUT2D eigenvalue weighted by molar-refractivity contribution is 0.252. The van der Waals surface area contributed by atoms with Gasteiger partial charge in [-0.1, -0.05) is 58.0 Å². The standard InChI is InChI=1S/C22H30N2O2/c1-15(2)19-7-6-8-20(16(3)4)21(19)24-22(25)23-14-13-17-9-11-18(26-5)12-10-17/h6-12,15-16H,13-14H2,1-5H3,(H2,23,24,25). The van der Waals surface area contributed by atoms with Crippen molar-refractivity contribution in [1.29, 1.82) is 0 Å². The summed E-state index contributed by atoms with van der Waals surface area (Å²) in [5.41, 5.74) is 4.44. The molecule has 0 fully saturated rings. The van der Waals surface area contributed by atoms with Crippen LogP contribution in [-0.2, 0) is 6.42 Å². The SMILES string of the molecule is COc1ccc(CCNC(=O)Nc2c(C(C)C)cccc2C(C)C)cc1. The van der Waals surface area contributed by atoms with Crippen molar-refractivity contribution < 1.29 is 9.53 Å². The minimum absolute atomic E-state index is 0.159. The van der Waals surface area contributed by atoms with E-state index in [9.17, 15) is 4.79 Å². The van der Waals surface area contributed by atoms with Crippen LogP contribution in [0.3, 0.4) is 0 Å². The Morgan fingerprint density at radius 1 is 0.962 bits per heavy atom. The van der Waals surface area contributed by atoms with E-state index in [1.165, 1.54) is 11.1 Å². The number of rotatable bonds is 7. The van der Waals surface area contributed by atoms with Gasteiger partial charge in [0.1, 0.15) is 5.75 Å². The van der Waals surface area contributed by atoms with Gasteiger partial charge < -0.3 is 15.4 Å². The molecule has 2 amide bonds. The Morgan fingerprint density at radius 2 is 1.54 bits per heavy atom. The lowest BCUT2D eigenvalue weighted by atomic mass is 9.93. The molecule has 0 saturated carbocycles. The third kappa shape index (κ3) is 5.25. The minimum atomic E-state index is -0.159. The third-order valence-electron chi connectivity index (χ3n) is 4.47. The summed E-state index contributed by atoms with van der Waals surface area (Å²) >= 11 is 0. The number of hydrogen-bond donors (Lipinski definition) is 2. The van der Waals surface area contributed by atoms with Gasteiger partial charge >= 0.3 is 6.03 Å². The molecule has 0 unspecified atom stereocenters. The first-order chi connectivity index (χ1) is 12.4. The zero-order chi connectivity index (χ0) is 19.1. The highest BCUT2D eigenvalue weighted by Gasteiger charge is 2.15. The molecule has 0 bridgehead atoms. The van der Waals surface area contributed by atoms with Gasteiger partial charge in [-0.2, -0.15) is 0 Å². The van der Waals surface area contributed by atoms with E-state index in [1.54, 1.807) is 7.11 Å². The van der Waals surface area contributed by atoms with Gasteiger partial charge in [0.05, 0.1) is 7.11 Å². The van der Waals surface area contributed by atoms with Crippen molar-refractivity contribution in [3.8, 4) is 5.75 Å². The molecule has 0 radical (unpaired) electrons. The second-order valence-corrected chi connectivity index (χ2v) is 7.10. The van der Waals surface area contributed by atoms with E-state index in [1.807, 2.05) is 24.3 Å². The summed E-state index contributed by atoms with van der Waals surface area (Å²) in [4.78, 5) is 12.4. The number of amides is 2. The molecule has 26 heavy (non-hydrogen) atoms. The average molecular weight is 354 g/mol. The van der Waals surface area contributed by atoms with Crippen molar-refractivity contribution in [3.05, 3.63) is 59.2 Å². The maximum Gasteiger partial charge on any atom is 0.319 e. The first kappa shape index (κ1) is 19.8. The molecule has 2 rings (SSSR count). The number of benzene rings is 2. The van der Waals surface area contributed by atoms with Crippen LogP contribution in [0, 0.1) is 0 Å². The summed E-state index contributed by atoms with van der Waals surface area (Å²) in [5, 5.41) is 6.04. The maximum atomic E-state index is 12.4. The van der Waals surface area contributed by atoms with E-state index in [0.717, 1.165) is 23.4 Å². The van der Waals surface area contributed by atoms with E-state index >= 15 is 0 Å². The largest absolute Gasteiger partial charge is 0.497 e. The summed E-state index contributed by atoms with van der Waals surface area (Å²) in [7, 11) is 1.65. The Kier molecular flexibility index (Phi) is 7.07. The van der Waals surface area contributed by atoms with Gasteiger partial charge in [-0.05, 0) is 47.1 Å². The molecule has 0 aliphatic carbocycles. The number of anilines is 1. The Labute approximate surface area is 157 Å². The Bertz CT molecular complexity index is 695. The van der Waals surface area contributed by atoms with Crippen LogP contribution in [0.1, 0.15) is 56.2 Å². The molecule has 0 aromatic heterocycles. The molecule has 2 aromatic carbocycles. The highest BCUT2D eigenvalue weighted by atomic mass is 16.5. The quantitative estimate of drug-likeness (QED) is 0.708. The number of urea groups is 1. The van der Waals surface area contributed by atoms with Crippen molar-refractivity contribution in [2.45, 2.75) is 46.0 Å². The van der Waals surface area contributed by atoms with Crippen LogP contribution in [0.25, 0.3) is 0 Å². The lowest BCUT2D eigenvalue weighted by Gasteiger charge is -2.20. The van der Waals surface area contributed by atoms with Crippen LogP contribution in [0.15, 0.2) is 42.5 Å². The Morgan fingerprint density at radius 3 is 2.04 bits per heavy atom. The average Bonchev–Trinajstić information content (AvgIpc) is 2.62. The number of carbonyl (C=O) groups is 1. The first-order valence-electron chi connectivity index (χ1n) is 9.23. The molecule has 0 atom stereocenters. The molecule has 0 aliphatic heterocycles. The highest BCUT2D eigenvalue weighted by molar-refractivity contribution is 5.91. The fourth-order valence-electron chi connectivity index (χ4n) is 2.97. The van der Waals surface area contributed by atoms with Crippen molar-refractivity contribution in [1.82, 2.24) is 5.32 Å². The maximum absolute atomic E-state index is 12.4. The summed E-state index contributed by atoms with van der Waals surface area (Å²) in [6, 6.07) is 14.0. The molecule has 4 nitrogen and oxygen atoms in total. The summed E-state index contributed by atoms with van der Waals surface area (Å²) in [5.74, 6) is 1.54. The van der Waals surface area contributed by atoms with E-state index in [4.69, 9.17) is 4.74 Å². The van der Waals surface area contributed by atoms with Gasteiger partial charge in [0, 0.05) is 12.2 Å². The monoisotopic (exact) mass is 354 g/mol. The highest BCUT2D eigenvalue weighted by Crippen LogP contribution is 2.32. The van der Waals surface area contributed by atoms with Crippen LogP contribution in [0.5, 0.6) is 5.75 Å². The fraction of sp³-hybridized carbons (Fsp3) is 0.409. The Balaban J connectivity index is 1.98. The molecular formula is C22H30N2O2. The normalized spacial score (nSPS) is 10.9. The van der Waals surface area contributed by atoms with Crippen LogP contribution < -0.4 is 15.4 Å². The molecule has 2 N–H and O–H groups in total. The van der Waals surface area contributed by atoms with E-state index in [0.29, 0.717) is 18.4 Å². The fourth-order valence-corrected chi connectivity index (χ4v) is 2.97. The van der Waals surface area contributed by atoms with Crippen LogP contribution >= 0.6 is 0 Å². The van der Waals surface area contributed by atoms with Gasteiger partial charge in [-0.25, -0.2) is 4.79 Å². The third-order valence-corrected chi connectivity index (χ3v) is 4.47. The molecular weight excluding hydrogens is 324 g/mol. The molecule has 140 valence electrons. The minimum Gasteiger partial charge on any atom is -0.497 e. The van der Waals surface area contributed by atoms with E-state index in [2.05, 4.69) is 56.5 Å². The molecule has 0 heterocycles. The number of nitrogens with one attached hydrogen (secondary N) is 2. The van der Waals surface area contributed by atoms with Crippen LogP contribution in [-0.4, -0.2) is 19.7 Å². The summed E-state index contributed by atoms with van der Waals surface area (Å²) in [6.07, 6.45) is 0.778. The lowest BCUT2D eigenvalue weighted by Crippen LogP contribution is -2.31. The van der Waals surface area contributed by atoms with E-state index in [-0.39, 0.29) is 6.03 Å². The van der Waals surface area contributed by atoms with Crippen molar-refractivity contribution in [2.75, 3.05) is 19.0 Å². The van der Waals surface area contributed by atoms with Gasteiger partial charge in [-0.15, -0.1) is 0 Å². The van der Waals surface area contributed by atoms with E-state index < -0.39 is 0 Å². The molecule has 4 heteroatoms. The molecule has 0 spiro atoms. The Hall–Kier alpha value is -2.49. The molecule has 0 aliphatic rings. The number of ether oxygens (including phenoxy) is 1. The van der Waals surface area contributed by atoms with Crippen molar-refractivity contribution in [3.63, 3.8) is 0 Å². The number of hydrogen-bond acceptors (Lipinski definition) is 2.